The number of likely N-dealkylation sites (tertiary alicyclic amines) is 3. The Kier molecular flexibility index (Phi) is 9.36. The van der Waals surface area contributed by atoms with Gasteiger partial charge in [-0.1, -0.05) is 93.1 Å². The highest BCUT2D eigenvalue weighted by Gasteiger charge is 2.58. The Labute approximate surface area is 261 Å². The lowest BCUT2D eigenvalue weighted by atomic mass is 9.86. The lowest BCUT2D eigenvalue weighted by Gasteiger charge is -2.53. The molecular formula is C36H46N4O4. The number of benzene rings is 2. The zero-order chi connectivity index (χ0) is 30.6. The number of β-lactam (4-membered cyclic amide) rings is 1. The number of amides is 3. The number of carbonyl (C=O) groups is 3. The zero-order valence-corrected chi connectivity index (χ0v) is 26.1. The van der Waals surface area contributed by atoms with Gasteiger partial charge in [-0.15, -0.1) is 0 Å². The number of piperidine rings is 2. The highest BCUT2D eigenvalue weighted by Crippen LogP contribution is 2.39. The molecule has 6 rings (SSSR count). The van der Waals surface area contributed by atoms with Crippen molar-refractivity contribution in [3.8, 4) is 0 Å². The Morgan fingerprint density at radius 2 is 1.57 bits per heavy atom. The predicted molar refractivity (Wildman–Crippen MR) is 171 cm³/mol. The monoisotopic (exact) mass is 598 g/mol. The molecule has 4 heterocycles. The molecular weight excluding hydrogens is 552 g/mol. The Bertz CT molecular complexity index is 1320. The maximum Gasteiger partial charge on any atom is 0.411 e. The number of cyclic esters (lactones) is 1. The first-order valence-electron chi connectivity index (χ1n) is 16.5. The molecule has 0 spiro atoms. The van der Waals surface area contributed by atoms with Crippen LogP contribution in [0.1, 0.15) is 69.5 Å². The van der Waals surface area contributed by atoms with E-state index >= 15 is 0 Å². The van der Waals surface area contributed by atoms with E-state index in [9.17, 15) is 14.4 Å². The summed E-state index contributed by atoms with van der Waals surface area (Å²) in [5.74, 6) is 0.0632. The molecule has 8 nitrogen and oxygen atoms in total. The molecule has 2 aromatic rings. The van der Waals surface area contributed by atoms with E-state index in [4.69, 9.17) is 4.74 Å². The minimum Gasteiger partial charge on any atom is -0.447 e. The number of carbonyl (C=O) groups excluding carboxylic acids is 3. The zero-order valence-electron chi connectivity index (χ0n) is 26.1. The van der Waals surface area contributed by atoms with Crippen LogP contribution in [-0.2, 0) is 14.3 Å². The summed E-state index contributed by atoms with van der Waals surface area (Å²) in [7, 11) is 0. The predicted octanol–water partition coefficient (Wildman–Crippen LogP) is 5.36. The second-order valence-electron chi connectivity index (χ2n) is 13.2. The van der Waals surface area contributed by atoms with E-state index in [1.54, 1.807) is 9.80 Å². The fraction of sp³-hybridized carbons (Fsp3) is 0.528. The van der Waals surface area contributed by atoms with Crippen molar-refractivity contribution in [2.24, 2.45) is 5.92 Å². The van der Waals surface area contributed by atoms with Gasteiger partial charge in [0.15, 0.2) is 0 Å². The van der Waals surface area contributed by atoms with Crippen molar-refractivity contribution in [3.05, 3.63) is 77.9 Å². The largest absolute Gasteiger partial charge is 0.447 e. The third-order valence-electron chi connectivity index (χ3n) is 9.83. The van der Waals surface area contributed by atoms with Crippen LogP contribution in [0, 0.1) is 5.92 Å². The minimum atomic E-state index is -0.734. The summed E-state index contributed by atoms with van der Waals surface area (Å²) in [4.78, 5) is 49.7. The van der Waals surface area contributed by atoms with Crippen LogP contribution >= 0.6 is 0 Å². The molecule has 0 unspecified atom stereocenters. The van der Waals surface area contributed by atoms with Gasteiger partial charge in [0, 0.05) is 19.1 Å². The van der Waals surface area contributed by atoms with Gasteiger partial charge >= 0.3 is 6.09 Å². The summed E-state index contributed by atoms with van der Waals surface area (Å²) in [5, 5.41) is 0. The highest BCUT2D eigenvalue weighted by molar-refractivity contribution is 5.98. The third kappa shape index (κ3) is 6.27. The smallest absolute Gasteiger partial charge is 0.411 e. The van der Waals surface area contributed by atoms with Crippen molar-refractivity contribution in [1.29, 1.82) is 0 Å². The summed E-state index contributed by atoms with van der Waals surface area (Å²) < 4.78 is 5.52. The van der Waals surface area contributed by atoms with E-state index in [-0.39, 0.29) is 30.4 Å². The average molecular weight is 599 g/mol. The summed E-state index contributed by atoms with van der Waals surface area (Å²) in [6.45, 7) is 8.17. The molecule has 4 aliphatic rings. The molecule has 0 N–H and O–H groups in total. The minimum absolute atomic E-state index is 0.0318. The number of hydrogen-bond donors (Lipinski definition) is 0. The SMILES string of the molecule is CC(C)C[C@@H](C(=O)N1CCC(N2CCCCC2)CC1)N1C(=O)[C@@H](N2C(=O)OC[C@@H]2c2ccccc2)[C@H]1/C=C/c1ccccc1. The Morgan fingerprint density at radius 3 is 2.23 bits per heavy atom. The molecule has 0 aliphatic carbocycles. The molecule has 4 aliphatic heterocycles. The van der Waals surface area contributed by atoms with Crippen molar-refractivity contribution in [2.45, 2.75) is 82.6 Å². The van der Waals surface area contributed by atoms with Gasteiger partial charge in [0.05, 0.1) is 12.1 Å². The molecule has 4 saturated heterocycles. The van der Waals surface area contributed by atoms with E-state index in [2.05, 4.69) is 18.7 Å². The molecule has 44 heavy (non-hydrogen) atoms. The van der Waals surface area contributed by atoms with Crippen LogP contribution in [-0.4, -0.2) is 94.5 Å². The lowest BCUT2D eigenvalue weighted by Crippen LogP contribution is -2.74. The van der Waals surface area contributed by atoms with Gasteiger partial charge in [-0.3, -0.25) is 14.5 Å². The van der Waals surface area contributed by atoms with E-state index in [0.717, 1.165) is 50.1 Å². The van der Waals surface area contributed by atoms with E-state index in [1.165, 1.54) is 19.3 Å². The summed E-state index contributed by atoms with van der Waals surface area (Å²) in [5.41, 5.74) is 1.93. The lowest BCUT2D eigenvalue weighted by molar-refractivity contribution is -0.166. The van der Waals surface area contributed by atoms with Crippen LogP contribution in [0.3, 0.4) is 0 Å². The molecule has 0 radical (unpaired) electrons. The number of nitrogens with zero attached hydrogens (tertiary/aromatic N) is 4. The second-order valence-corrected chi connectivity index (χ2v) is 13.2. The molecule has 0 aromatic heterocycles. The summed E-state index contributed by atoms with van der Waals surface area (Å²) in [6, 6.07) is 18.1. The van der Waals surface area contributed by atoms with Gasteiger partial charge in [-0.05, 0) is 62.2 Å². The topological polar surface area (TPSA) is 73.4 Å². The molecule has 8 heteroatoms. The van der Waals surface area contributed by atoms with Gasteiger partial charge in [-0.25, -0.2) is 4.79 Å². The van der Waals surface area contributed by atoms with Gasteiger partial charge in [0.1, 0.15) is 18.7 Å². The number of hydrogen-bond acceptors (Lipinski definition) is 5. The van der Waals surface area contributed by atoms with E-state index in [1.807, 2.05) is 77.7 Å². The molecule has 234 valence electrons. The normalized spacial score (nSPS) is 25.9. The second kappa shape index (κ2) is 13.6. The van der Waals surface area contributed by atoms with Gasteiger partial charge in [0.25, 0.3) is 0 Å². The maximum absolute atomic E-state index is 14.3. The van der Waals surface area contributed by atoms with Crippen LogP contribution in [0.15, 0.2) is 66.7 Å². The van der Waals surface area contributed by atoms with Crippen molar-refractivity contribution < 1.29 is 19.1 Å². The van der Waals surface area contributed by atoms with Crippen molar-refractivity contribution in [3.63, 3.8) is 0 Å². The standard InChI is InChI=1S/C36H46N4O4/c1-26(2)24-31(34(41)38-22-18-29(19-23-38)37-20-10-5-11-21-37)39-30(17-16-27-12-6-3-7-13-27)33(35(39)42)40-32(25-44-36(40)43)28-14-8-4-9-15-28/h3-4,6-9,12-17,26,29-33H,5,10-11,18-25H2,1-2H3/b17-16+/t30-,31+,32-,33+/m1/s1. The van der Waals surface area contributed by atoms with Crippen LogP contribution in [0.5, 0.6) is 0 Å². The van der Waals surface area contributed by atoms with Crippen LogP contribution in [0.2, 0.25) is 0 Å². The molecule has 4 fully saturated rings. The Morgan fingerprint density at radius 1 is 0.909 bits per heavy atom. The Hall–Kier alpha value is -3.65. The fourth-order valence-electron chi connectivity index (χ4n) is 7.53. The first kappa shape index (κ1) is 30.4. The molecule has 0 bridgehead atoms. The fourth-order valence-corrected chi connectivity index (χ4v) is 7.53. The van der Waals surface area contributed by atoms with Crippen molar-refractivity contribution >= 4 is 24.0 Å². The third-order valence-corrected chi connectivity index (χ3v) is 9.83. The van der Waals surface area contributed by atoms with Crippen LogP contribution < -0.4 is 0 Å². The maximum atomic E-state index is 14.3. The van der Waals surface area contributed by atoms with Crippen molar-refractivity contribution in [1.82, 2.24) is 19.6 Å². The van der Waals surface area contributed by atoms with E-state index < -0.39 is 24.2 Å². The molecule has 3 amide bonds. The molecule has 2 aromatic carbocycles. The molecule has 0 saturated carbocycles. The molecule has 4 atom stereocenters. The van der Waals surface area contributed by atoms with Crippen LogP contribution in [0.4, 0.5) is 4.79 Å². The van der Waals surface area contributed by atoms with Crippen LogP contribution in [0.25, 0.3) is 6.08 Å². The van der Waals surface area contributed by atoms with Gasteiger partial charge in [-0.2, -0.15) is 0 Å². The summed E-state index contributed by atoms with van der Waals surface area (Å²) in [6.07, 6.45) is 9.89. The highest BCUT2D eigenvalue weighted by atomic mass is 16.6. The van der Waals surface area contributed by atoms with E-state index in [0.29, 0.717) is 12.5 Å². The summed E-state index contributed by atoms with van der Waals surface area (Å²) >= 11 is 0. The average Bonchev–Trinajstić information content (AvgIpc) is 3.43. The number of rotatable bonds is 9. The van der Waals surface area contributed by atoms with Gasteiger partial charge < -0.3 is 19.4 Å². The number of ether oxygens (including phenoxy) is 1. The van der Waals surface area contributed by atoms with Gasteiger partial charge in [0.2, 0.25) is 11.8 Å². The first-order chi connectivity index (χ1) is 21.4. The first-order valence-corrected chi connectivity index (χ1v) is 16.5. The van der Waals surface area contributed by atoms with Crippen molar-refractivity contribution in [2.75, 3.05) is 32.8 Å². The Balaban J connectivity index is 1.26. The quantitative estimate of drug-likeness (QED) is 0.363.